The minimum atomic E-state index is -0.459. The second-order valence-corrected chi connectivity index (χ2v) is 8.17. The zero-order valence-electron chi connectivity index (χ0n) is 18.4. The Morgan fingerprint density at radius 1 is 1.06 bits per heavy atom. The van der Waals surface area contributed by atoms with Gasteiger partial charge in [-0.1, -0.05) is 36.4 Å². The first-order valence-electron chi connectivity index (χ1n) is 10.8. The van der Waals surface area contributed by atoms with Crippen molar-refractivity contribution in [1.29, 1.82) is 0 Å². The van der Waals surface area contributed by atoms with Crippen LogP contribution in [0.3, 0.4) is 0 Å². The second-order valence-electron chi connectivity index (χ2n) is 8.17. The summed E-state index contributed by atoms with van der Waals surface area (Å²) in [6.45, 7) is 4.68. The van der Waals surface area contributed by atoms with Crippen LogP contribution in [-0.4, -0.2) is 34.8 Å². The third kappa shape index (κ3) is 4.49. The molecular formula is C26H27N3O3. The van der Waals surface area contributed by atoms with Crippen LogP contribution in [-0.2, 0) is 4.79 Å². The van der Waals surface area contributed by atoms with Crippen LogP contribution in [0.15, 0.2) is 60.8 Å². The van der Waals surface area contributed by atoms with Crippen LogP contribution < -0.4 is 10.5 Å². The van der Waals surface area contributed by atoms with E-state index in [4.69, 9.17) is 10.5 Å². The maximum Gasteiger partial charge on any atom is 0.261 e. The van der Waals surface area contributed by atoms with Crippen molar-refractivity contribution < 1.29 is 14.3 Å². The lowest BCUT2D eigenvalue weighted by Gasteiger charge is -2.25. The second kappa shape index (κ2) is 9.22. The minimum Gasteiger partial charge on any atom is -0.483 e. The fraction of sp³-hybridized carbons (Fsp3) is 0.269. The highest BCUT2D eigenvalue weighted by Crippen LogP contribution is 2.32. The number of hydrogen-bond acceptors (Lipinski definition) is 4. The summed E-state index contributed by atoms with van der Waals surface area (Å²) < 4.78 is 5.88. The first-order chi connectivity index (χ1) is 15.4. The number of ether oxygens (including phenoxy) is 1. The van der Waals surface area contributed by atoms with Gasteiger partial charge in [0.2, 0.25) is 5.91 Å². The molecule has 1 aliphatic heterocycles. The van der Waals surface area contributed by atoms with Crippen LogP contribution in [0.2, 0.25) is 0 Å². The zero-order chi connectivity index (χ0) is 22.7. The molecule has 2 heterocycles. The summed E-state index contributed by atoms with van der Waals surface area (Å²) in [5, 5.41) is 0. The molecule has 4 rings (SSSR count). The van der Waals surface area contributed by atoms with Crippen molar-refractivity contribution in [1.82, 2.24) is 9.88 Å². The van der Waals surface area contributed by atoms with Crippen molar-refractivity contribution in [3.8, 4) is 16.9 Å². The quantitative estimate of drug-likeness (QED) is 0.636. The monoisotopic (exact) mass is 429 g/mol. The Bertz CT molecular complexity index is 1120. The summed E-state index contributed by atoms with van der Waals surface area (Å²) in [7, 11) is 0. The summed E-state index contributed by atoms with van der Waals surface area (Å²) in [4.78, 5) is 30.9. The molecule has 1 unspecified atom stereocenters. The van der Waals surface area contributed by atoms with Gasteiger partial charge in [-0.2, -0.15) is 0 Å². The van der Waals surface area contributed by atoms with Gasteiger partial charge < -0.3 is 15.4 Å². The van der Waals surface area contributed by atoms with Crippen molar-refractivity contribution in [2.45, 2.75) is 32.7 Å². The number of nitrogens with zero attached hydrogens (tertiary/aromatic N) is 2. The van der Waals surface area contributed by atoms with Crippen LogP contribution in [0.1, 0.15) is 46.1 Å². The molecule has 2 N–H and O–H groups in total. The highest BCUT2D eigenvalue weighted by molar-refractivity contribution is 5.94. The van der Waals surface area contributed by atoms with E-state index >= 15 is 0 Å². The van der Waals surface area contributed by atoms with Crippen molar-refractivity contribution in [3.63, 3.8) is 0 Å². The van der Waals surface area contributed by atoms with Crippen molar-refractivity contribution in [2.75, 3.05) is 13.2 Å². The van der Waals surface area contributed by atoms with Gasteiger partial charge >= 0.3 is 0 Å². The SMILES string of the molecule is Cc1cccc(C)c1OCC(=O)N1CCCC1c1ccc(-c2cccc(C(N)=O)c2)cn1. The number of carbonyl (C=O) groups excluding carboxylic acids is 2. The number of amides is 2. The molecule has 6 nitrogen and oxygen atoms in total. The summed E-state index contributed by atoms with van der Waals surface area (Å²) >= 11 is 0. The van der Waals surface area contributed by atoms with E-state index in [0.717, 1.165) is 46.5 Å². The molecular weight excluding hydrogens is 402 g/mol. The van der Waals surface area contributed by atoms with Crippen molar-refractivity contribution >= 4 is 11.8 Å². The first kappa shape index (κ1) is 21.6. The maximum atomic E-state index is 12.9. The molecule has 0 bridgehead atoms. The van der Waals surface area contributed by atoms with Crippen LogP contribution in [0.4, 0.5) is 0 Å². The molecule has 1 fully saturated rings. The Kier molecular flexibility index (Phi) is 6.21. The van der Waals surface area contributed by atoms with Gasteiger partial charge in [-0.3, -0.25) is 14.6 Å². The predicted octanol–water partition coefficient (Wildman–Crippen LogP) is 4.21. The van der Waals surface area contributed by atoms with E-state index in [2.05, 4.69) is 4.98 Å². The molecule has 2 aromatic carbocycles. The Balaban J connectivity index is 1.46. The maximum absolute atomic E-state index is 12.9. The van der Waals surface area contributed by atoms with E-state index in [9.17, 15) is 9.59 Å². The smallest absolute Gasteiger partial charge is 0.261 e. The summed E-state index contributed by atoms with van der Waals surface area (Å²) in [6.07, 6.45) is 3.59. The summed E-state index contributed by atoms with van der Waals surface area (Å²) in [6, 6.07) is 17.0. The van der Waals surface area contributed by atoms with E-state index in [-0.39, 0.29) is 18.6 Å². The molecule has 1 aliphatic rings. The van der Waals surface area contributed by atoms with Crippen LogP contribution in [0.5, 0.6) is 5.75 Å². The molecule has 1 aromatic heterocycles. The number of likely N-dealkylation sites (tertiary alicyclic amines) is 1. The fourth-order valence-electron chi connectivity index (χ4n) is 4.24. The highest BCUT2D eigenvalue weighted by atomic mass is 16.5. The lowest BCUT2D eigenvalue weighted by atomic mass is 10.0. The number of primary amides is 1. The molecule has 1 atom stereocenters. The molecule has 0 saturated carbocycles. The van der Waals surface area contributed by atoms with Gasteiger partial charge in [0.15, 0.2) is 6.61 Å². The number of aromatic nitrogens is 1. The molecule has 3 aromatic rings. The van der Waals surface area contributed by atoms with Gasteiger partial charge in [-0.15, -0.1) is 0 Å². The topological polar surface area (TPSA) is 85.5 Å². The molecule has 32 heavy (non-hydrogen) atoms. The van der Waals surface area contributed by atoms with Crippen molar-refractivity contribution in [3.05, 3.63) is 83.2 Å². The summed E-state index contributed by atoms with van der Waals surface area (Å²) in [5.74, 6) is 0.284. The standard InChI is InChI=1S/C26H27N3O3/c1-17-6-3-7-18(2)25(17)32-16-24(30)29-13-5-10-23(29)22-12-11-21(15-28-22)19-8-4-9-20(14-19)26(27)31/h3-4,6-9,11-12,14-15,23H,5,10,13,16H2,1-2H3,(H2,27,31). The lowest BCUT2D eigenvalue weighted by molar-refractivity contribution is -0.134. The van der Waals surface area contributed by atoms with E-state index in [1.165, 1.54) is 0 Å². The van der Waals surface area contributed by atoms with Crippen LogP contribution >= 0.6 is 0 Å². The summed E-state index contributed by atoms with van der Waals surface area (Å²) in [5.41, 5.74) is 10.5. The van der Waals surface area contributed by atoms with E-state index in [0.29, 0.717) is 12.1 Å². The fourth-order valence-corrected chi connectivity index (χ4v) is 4.24. The third-order valence-corrected chi connectivity index (χ3v) is 5.93. The lowest BCUT2D eigenvalue weighted by Crippen LogP contribution is -2.34. The molecule has 6 heteroatoms. The number of pyridine rings is 1. The number of hydrogen-bond donors (Lipinski definition) is 1. The van der Waals surface area contributed by atoms with Gasteiger partial charge in [0.25, 0.3) is 5.91 Å². The van der Waals surface area contributed by atoms with E-state index in [1.807, 2.05) is 55.1 Å². The van der Waals surface area contributed by atoms with Gasteiger partial charge in [-0.25, -0.2) is 0 Å². The molecule has 2 amide bonds. The largest absolute Gasteiger partial charge is 0.483 e. The number of para-hydroxylation sites is 1. The molecule has 1 saturated heterocycles. The van der Waals surface area contributed by atoms with Gasteiger partial charge in [0, 0.05) is 23.9 Å². The number of aryl methyl sites for hydroxylation is 2. The third-order valence-electron chi connectivity index (χ3n) is 5.93. The normalized spacial score (nSPS) is 15.6. The number of benzene rings is 2. The van der Waals surface area contributed by atoms with Crippen LogP contribution in [0.25, 0.3) is 11.1 Å². The Hall–Kier alpha value is -3.67. The Labute approximate surface area is 188 Å². The number of nitrogens with two attached hydrogens (primary N) is 1. The van der Waals surface area contributed by atoms with E-state index in [1.54, 1.807) is 24.4 Å². The van der Waals surface area contributed by atoms with Crippen LogP contribution in [0, 0.1) is 13.8 Å². The van der Waals surface area contributed by atoms with Gasteiger partial charge in [0.1, 0.15) is 5.75 Å². The average molecular weight is 430 g/mol. The average Bonchev–Trinajstić information content (AvgIpc) is 3.29. The highest BCUT2D eigenvalue weighted by Gasteiger charge is 2.31. The van der Waals surface area contributed by atoms with Gasteiger partial charge in [0.05, 0.1) is 11.7 Å². The zero-order valence-corrected chi connectivity index (χ0v) is 18.4. The first-order valence-corrected chi connectivity index (χ1v) is 10.8. The Morgan fingerprint density at radius 2 is 1.81 bits per heavy atom. The number of rotatable bonds is 6. The molecule has 0 spiro atoms. The van der Waals surface area contributed by atoms with Gasteiger partial charge in [-0.05, 0) is 61.6 Å². The minimum absolute atomic E-state index is 0.0141. The molecule has 164 valence electrons. The molecule has 0 aliphatic carbocycles. The van der Waals surface area contributed by atoms with E-state index < -0.39 is 5.91 Å². The molecule has 0 radical (unpaired) electrons. The predicted molar refractivity (Wildman–Crippen MR) is 123 cm³/mol. The Morgan fingerprint density at radius 3 is 2.50 bits per heavy atom. The van der Waals surface area contributed by atoms with Crippen molar-refractivity contribution in [2.24, 2.45) is 5.73 Å². The number of carbonyl (C=O) groups is 2.